The molecule has 28 heavy (non-hydrogen) atoms. The van der Waals surface area contributed by atoms with E-state index < -0.39 is 18.0 Å². The van der Waals surface area contributed by atoms with Crippen LogP contribution in [0.25, 0.3) is 0 Å². The van der Waals surface area contributed by atoms with Gasteiger partial charge < -0.3 is 19.9 Å². The second-order valence-electron chi connectivity index (χ2n) is 6.70. The first kappa shape index (κ1) is 20.1. The van der Waals surface area contributed by atoms with Crippen molar-refractivity contribution in [2.75, 3.05) is 43.1 Å². The highest BCUT2D eigenvalue weighted by Gasteiger charge is 2.43. The minimum absolute atomic E-state index is 0.0357. The number of amides is 3. The average molecular weight is 399 g/mol. The summed E-state index contributed by atoms with van der Waals surface area (Å²) in [6.45, 7) is 0.747. The summed E-state index contributed by atoms with van der Waals surface area (Å²) < 4.78 is 42.5. The third-order valence-electron chi connectivity index (χ3n) is 4.83. The molecule has 2 aliphatic heterocycles. The van der Waals surface area contributed by atoms with Gasteiger partial charge in [-0.25, -0.2) is 0 Å². The van der Waals surface area contributed by atoms with E-state index in [0.29, 0.717) is 24.5 Å². The number of halogens is 3. The van der Waals surface area contributed by atoms with E-state index in [1.165, 1.54) is 0 Å². The van der Waals surface area contributed by atoms with Crippen LogP contribution in [0.2, 0.25) is 0 Å². The fourth-order valence-electron chi connectivity index (χ4n) is 3.28. The molecule has 0 unspecified atom stereocenters. The second kappa shape index (κ2) is 8.17. The zero-order chi connectivity index (χ0) is 20.3. The monoisotopic (exact) mass is 399 g/mol. The van der Waals surface area contributed by atoms with Gasteiger partial charge in [-0.05, 0) is 37.1 Å². The summed E-state index contributed by atoms with van der Waals surface area (Å²) in [6.07, 6.45) is -4.54. The lowest BCUT2D eigenvalue weighted by molar-refractivity contribution is -0.186. The summed E-state index contributed by atoms with van der Waals surface area (Å²) >= 11 is 0. The van der Waals surface area contributed by atoms with Gasteiger partial charge in [0.2, 0.25) is 5.91 Å². The van der Waals surface area contributed by atoms with Crippen LogP contribution in [0.1, 0.15) is 12.8 Å². The lowest BCUT2D eigenvalue weighted by Gasteiger charge is -2.31. The molecule has 3 amide bonds. The van der Waals surface area contributed by atoms with Gasteiger partial charge in [0.1, 0.15) is 6.61 Å². The van der Waals surface area contributed by atoms with Crippen molar-refractivity contribution in [3.8, 4) is 0 Å². The van der Waals surface area contributed by atoms with Crippen molar-refractivity contribution >= 4 is 29.1 Å². The summed E-state index contributed by atoms with van der Waals surface area (Å²) in [5.74, 6) is -2.75. The molecule has 0 bridgehead atoms. The molecule has 2 heterocycles. The Morgan fingerprint density at radius 1 is 1.07 bits per heavy atom. The number of anilines is 2. The minimum atomic E-state index is -4.89. The number of carbonyl (C=O) groups excluding carboxylic acids is 3. The van der Waals surface area contributed by atoms with Crippen molar-refractivity contribution in [3.05, 3.63) is 24.3 Å². The molecule has 152 valence electrons. The standard InChI is InChI=1S/C18H20F3N3O4/c19-18(20,21)17(27)23-7-5-12(6-8-23)16(26)22-13-1-3-14(4-2-13)24-9-10-28-11-15(24)25/h1-4,12H,5-11H2,(H,22,26). The number of nitrogens with zero attached hydrogens (tertiary/aromatic N) is 2. The molecule has 0 aliphatic carbocycles. The van der Waals surface area contributed by atoms with Gasteiger partial charge in [0.25, 0.3) is 5.91 Å². The number of nitrogens with one attached hydrogen (secondary N) is 1. The third-order valence-corrected chi connectivity index (χ3v) is 4.83. The molecule has 10 heteroatoms. The van der Waals surface area contributed by atoms with Crippen molar-refractivity contribution < 1.29 is 32.3 Å². The Labute approximate surface area is 159 Å². The summed E-state index contributed by atoms with van der Waals surface area (Å²) in [5, 5.41) is 2.73. The third kappa shape index (κ3) is 4.61. The fraction of sp³-hybridized carbons (Fsp3) is 0.500. The molecule has 3 rings (SSSR count). The molecule has 0 saturated carbocycles. The molecule has 2 fully saturated rings. The molecule has 2 aliphatic rings. The lowest BCUT2D eigenvalue weighted by atomic mass is 9.95. The number of carbonyl (C=O) groups is 3. The van der Waals surface area contributed by atoms with Crippen LogP contribution >= 0.6 is 0 Å². The molecule has 0 atom stereocenters. The normalized spacial score (nSPS) is 18.9. The zero-order valence-electron chi connectivity index (χ0n) is 15.0. The molecule has 7 nitrogen and oxygen atoms in total. The zero-order valence-corrected chi connectivity index (χ0v) is 15.0. The number of morpholine rings is 1. The number of piperidine rings is 1. The Kier molecular flexibility index (Phi) is 5.87. The van der Waals surface area contributed by atoms with E-state index in [0.717, 1.165) is 4.90 Å². The average Bonchev–Trinajstić information content (AvgIpc) is 2.68. The Morgan fingerprint density at radius 2 is 1.71 bits per heavy atom. The van der Waals surface area contributed by atoms with Crippen molar-refractivity contribution in [2.24, 2.45) is 5.92 Å². The molecular weight excluding hydrogens is 379 g/mol. The predicted octanol–water partition coefficient (Wildman–Crippen LogP) is 1.79. The van der Waals surface area contributed by atoms with Crippen molar-refractivity contribution in [3.63, 3.8) is 0 Å². The van der Waals surface area contributed by atoms with E-state index in [1.807, 2.05) is 0 Å². The Morgan fingerprint density at radius 3 is 2.29 bits per heavy atom. The van der Waals surface area contributed by atoms with E-state index in [2.05, 4.69) is 5.32 Å². The molecule has 1 N–H and O–H groups in total. The maximum absolute atomic E-state index is 12.5. The number of likely N-dealkylation sites (tertiary alicyclic amines) is 1. The second-order valence-corrected chi connectivity index (χ2v) is 6.70. The maximum Gasteiger partial charge on any atom is 0.471 e. The van der Waals surface area contributed by atoms with E-state index in [1.54, 1.807) is 29.2 Å². The van der Waals surface area contributed by atoms with Gasteiger partial charge in [-0.15, -0.1) is 0 Å². The number of rotatable bonds is 3. The van der Waals surface area contributed by atoms with E-state index >= 15 is 0 Å². The van der Waals surface area contributed by atoms with Crippen LogP contribution in [0.3, 0.4) is 0 Å². The molecule has 0 radical (unpaired) electrons. The first-order chi connectivity index (χ1) is 13.3. The molecular formula is C18H20F3N3O4. The fourth-order valence-corrected chi connectivity index (χ4v) is 3.28. The van der Waals surface area contributed by atoms with Gasteiger partial charge >= 0.3 is 12.1 Å². The van der Waals surface area contributed by atoms with Crippen LogP contribution in [0.15, 0.2) is 24.3 Å². The molecule has 1 aromatic rings. The minimum Gasteiger partial charge on any atom is -0.370 e. The van der Waals surface area contributed by atoms with Crippen LogP contribution in [-0.2, 0) is 19.1 Å². The van der Waals surface area contributed by atoms with Gasteiger partial charge in [0.15, 0.2) is 0 Å². The van der Waals surface area contributed by atoms with Crippen molar-refractivity contribution in [1.29, 1.82) is 0 Å². The SMILES string of the molecule is O=C(Nc1ccc(N2CCOCC2=O)cc1)C1CCN(C(=O)C(F)(F)F)CC1. The summed E-state index contributed by atoms with van der Waals surface area (Å²) in [6, 6.07) is 6.75. The van der Waals surface area contributed by atoms with Gasteiger partial charge in [0, 0.05) is 36.9 Å². The van der Waals surface area contributed by atoms with Gasteiger partial charge in [-0.3, -0.25) is 14.4 Å². The Bertz CT molecular complexity index is 743. The summed E-state index contributed by atoms with van der Waals surface area (Å²) in [5.41, 5.74) is 1.23. The largest absolute Gasteiger partial charge is 0.471 e. The van der Waals surface area contributed by atoms with Crippen LogP contribution < -0.4 is 10.2 Å². The van der Waals surface area contributed by atoms with Crippen LogP contribution in [0.5, 0.6) is 0 Å². The number of benzene rings is 1. The van der Waals surface area contributed by atoms with Crippen molar-refractivity contribution in [1.82, 2.24) is 4.90 Å². The van der Waals surface area contributed by atoms with Gasteiger partial charge in [-0.2, -0.15) is 13.2 Å². The highest BCUT2D eigenvalue weighted by Crippen LogP contribution is 2.25. The topological polar surface area (TPSA) is 79.0 Å². The number of ether oxygens (including phenoxy) is 1. The quantitative estimate of drug-likeness (QED) is 0.841. The number of hydrogen-bond donors (Lipinski definition) is 1. The highest BCUT2D eigenvalue weighted by molar-refractivity contribution is 5.96. The summed E-state index contributed by atoms with van der Waals surface area (Å²) in [7, 11) is 0. The first-order valence-electron chi connectivity index (χ1n) is 8.91. The van der Waals surface area contributed by atoms with Crippen molar-refractivity contribution in [2.45, 2.75) is 19.0 Å². The highest BCUT2D eigenvalue weighted by atomic mass is 19.4. The van der Waals surface area contributed by atoms with E-state index in [-0.39, 0.29) is 44.4 Å². The number of hydrogen-bond acceptors (Lipinski definition) is 4. The smallest absolute Gasteiger partial charge is 0.370 e. The number of alkyl halides is 3. The van der Waals surface area contributed by atoms with E-state index in [4.69, 9.17) is 4.74 Å². The van der Waals surface area contributed by atoms with Gasteiger partial charge in [-0.1, -0.05) is 0 Å². The lowest BCUT2D eigenvalue weighted by Crippen LogP contribution is -2.46. The Hall–Kier alpha value is -2.62. The predicted molar refractivity (Wildman–Crippen MR) is 93.6 cm³/mol. The Balaban J connectivity index is 1.53. The molecule has 0 spiro atoms. The van der Waals surface area contributed by atoms with Crippen LogP contribution in [0, 0.1) is 5.92 Å². The molecule has 2 saturated heterocycles. The molecule has 1 aromatic carbocycles. The van der Waals surface area contributed by atoms with Crippen LogP contribution in [-0.4, -0.2) is 61.6 Å². The molecule has 0 aromatic heterocycles. The van der Waals surface area contributed by atoms with Gasteiger partial charge in [0.05, 0.1) is 6.61 Å². The first-order valence-corrected chi connectivity index (χ1v) is 8.91. The van der Waals surface area contributed by atoms with E-state index in [9.17, 15) is 27.6 Å². The maximum atomic E-state index is 12.5. The summed E-state index contributed by atoms with van der Waals surface area (Å²) in [4.78, 5) is 37.8. The van der Waals surface area contributed by atoms with Crippen LogP contribution in [0.4, 0.5) is 24.5 Å².